The number of ether oxygens (including phenoxy) is 1. The van der Waals surface area contributed by atoms with Crippen LogP contribution in [-0.4, -0.2) is 43.7 Å². The molecule has 0 atom stereocenters. The Morgan fingerprint density at radius 1 is 1.41 bits per heavy atom. The Bertz CT molecular complexity index is 271. The molecule has 17 heavy (non-hydrogen) atoms. The third kappa shape index (κ3) is 5.17. The second-order valence-corrected chi connectivity index (χ2v) is 4.51. The Morgan fingerprint density at radius 2 is 2.06 bits per heavy atom. The summed E-state index contributed by atoms with van der Waals surface area (Å²) in [7, 11) is 3.58. The van der Waals surface area contributed by atoms with E-state index in [0.717, 1.165) is 31.6 Å². The van der Waals surface area contributed by atoms with Gasteiger partial charge in [-0.1, -0.05) is 0 Å². The second kappa shape index (κ2) is 7.27. The number of hydrogen-bond donors (Lipinski definition) is 2. The molecule has 0 unspecified atom stereocenters. The van der Waals surface area contributed by atoms with Gasteiger partial charge in [-0.2, -0.15) is 0 Å². The van der Waals surface area contributed by atoms with Crippen LogP contribution in [-0.2, 0) is 9.53 Å². The van der Waals surface area contributed by atoms with Crippen LogP contribution < -0.4 is 5.32 Å². The Labute approximate surface area is 102 Å². The van der Waals surface area contributed by atoms with E-state index in [1.54, 1.807) is 7.05 Å². The Kier molecular flexibility index (Phi) is 5.97. The van der Waals surface area contributed by atoms with Gasteiger partial charge in [-0.05, 0) is 38.6 Å². The van der Waals surface area contributed by atoms with Crippen LogP contribution in [0.2, 0.25) is 0 Å². The normalized spacial score (nSPS) is 25.6. The van der Waals surface area contributed by atoms with Crippen LogP contribution >= 0.6 is 0 Å². The predicted octanol–water partition coefficient (Wildman–Crippen LogP) is 1.28. The highest BCUT2D eigenvalue weighted by molar-refractivity contribution is 5.78. The van der Waals surface area contributed by atoms with Gasteiger partial charge < -0.3 is 15.2 Å². The molecule has 0 bridgehead atoms. The summed E-state index contributed by atoms with van der Waals surface area (Å²) in [6.45, 7) is 0.644. The van der Waals surface area contributed by atoms with Crippen LogP contribution in [0, 0.1) is 5.92 Å². The molecule has 98 valence electrons. The minimum Gasteiger partial charge on any atom is -0.481 e. The summed E-state index contributed by atoms with van der Waals surface area (Å²) in [4.78, 5) is 14.7. The van der Waals surface area contributed by atoms with Gasteiger partial charge in [0, 0.05) is 13.5 Å². The fourth-order valence-corrected chi connectivity index (χ4v) is 2.22. The minimum absolute atomic E-state index is 0.201. The van der Waals surface area contributed by atoms with Crippen LogP contribution in [0.25, 0.3) is 0 Å². The topological polar surface area (TPSA) is 70.9 Å². The first-order valence-corrected chi connectivity index (χ1v) is 6.14. The van der Waals surface area contributed by atoms with E-state index in [0.29, 0.717) is 12.5 Å². The first kappa shape index (κ1) is 14.0. The van der Waals surface area contributed by atoms with E-state index in [9.17, 15) is 4.79 Å². The van der Waals surface area contributed by atoms with Gasteiger partial charge in [0.25, 0.3) is 0 Å². The average molecular weight is 242 g/mol. The summed E-state index contributed by atoms with van der Waals surface area (Å²) in [6.07, 6.45) is 4.23. The lowest BCUT2D eigenvalue weighted by Crippen LogP contribution is -2.29. The zero-order valence-electron chi connectivity index (χ0n) is 10.6. The molecule has 1 rings (SSSR count). The summed E-state index contributed by atoms with van der Waals surface area (Å²) in [5.41, 5.74) is 0. The van der Waals surface area contributed by atoms with Crippen LogP contribution in [0.1, 0.15) is 32.1 Å². The number of hydrogen-bond acceptors (Lipinski definition) is 4. The molecule has 0 aromatic heterocycles. The fourth-order valence-electron chi connectivity index (χ4n) is 2.22. The molecule has 0 amide bonds. The van der Waals surface area contributed by atoms with Gasteiger partial charge >= 0.3 is 5.97 Å². The van der Waals surface area contributed by atoms with E-state index in [2.05, 4.69) is 10.3 Å². The largest absolute Gasteiger partial charge is 0.481 e. The molecule has 1 saturated carbocycles. The standard InChI is InChI=1S/C12H22N2O3/c1-13-8-11(14-2)17-10-5-3-9(4-6-10)7-12(15)16/h9-10,13H,3-8H2,1-2H3,(H,15,16). The van der Waals surface area contributed by atoms with Crippen molar-refractivity contribution in [3.05, 3.63) is 0 Å². The number of nitrogens with zero attached hydrogens (tertiary/aromatic N) is 1. The first-order valence-electron chi connectivity index (χ1n) is 6.14. The monoisotopic (exact) mass is 242 g/mol. The summed E-state index contributed by atoms with van der Waals surface area (Å²) in [5.74, 6) is 0.355. The quantitative estimate of drug-likeness (QED) is 0.563. The minimum atomic E-state index is -0.694. The van der Waals surface area contributed by atoms with Crippen LogP contribution in [0.4, 0.5) is 0 Å². The number of carbonyl (C=O) groups is 1. The van der Waals surface area contributed by atoms with E-state index in [1.165, 1.54) is 0 Å². The van der Waals surface area contributed by atoms with Crippen molar-refractivity contribution < 1.29 is 14.6 Å². The van der Waals surface area contributed by atoms with Crippen LogP contribution in [0.15, 0.2) is 4.99 Å². The molecule has 0 aromatic rings. The van der Waals surface area contributed by atoms with Gasteiger partial charge in [-0.3, -0.25) is 9.79 Å². The maximum Gasteiger partial charge on any atom is 0.303 e. The van der Waals surface area contributed by atoms with Crippen molar-refractivity contribution in [2.24, 2.45) is 10.9 Å². The number of aliphatic imine (C=N–C) groups is 1. The van der Waals surface area contributed by atoms with Gasteiger partial charge in [0.15, 0.2) is 5.90 Å². The smallest absolute Gasteiger partial charge is 0.303 e. The molecule has 0 heterocycles. The van der Waals surface area contributed by atoms with E-state index in [4.69, 9.17) is 9.84 Å². The van der Waals surface area contributed by atoms with Gasteiger partial charge in [-0.15, -0.1) is 0 Å². The second-order valence-electron chi connectivity index (χ2n) is 4.51. The lowest BCUT2D eigenvalue weighted by Gasteiger charge is -2.28. The van der Waals surface area contributed by atoms with Crippen LogP contribution in [0.5, 0.6) is 0 Å². The van der Waals surface area contributed by atoms with Crippen molar-refractivity contribution in [3.63, 3.8) is 0 Å². The Balaban J connectivity index is 2.29. The lowest BCUT2D eigenvalue weighted by atomic mass is 9.85. The van der Waals surface area contributed by atoms with Crippen molar-refractivity contribution in [3.8, 4) is 0 Å². The molecule has 1 aliphatic rings. The molecule has 0 saturated heterocycles. The fraction of sp³-hybridized carbons (Fsp3) is 0.833. The maximum atomic E-state index is 10.6. The number of likely N-dealkylation sites (N-methyl/N-ethyl adjacent to an activating group) is 1. The van der Waals surface area contributed by atoms with E-state index >= 15 is 0 Å². The zero-order chi connectivity index (χ0) is 12.7. The summed E-state index contributed by atoms with van der Waals surface area (Å²) in [6, 6.07) is 0. The van der Waals surface area contributed by atoms with Crippen LogP contribution in [0.3, 0.4) is 0 Å². The third-order valence-corrected chi connectivity index (χ3v) is 3.14. The zero-order valence-corrected chi connectivity index (χ0v) is 10.6. The molecule has 1 fully saturated rings. The lowest BCUT2D eigenvalue weighted by molar-refractivity contribution is -0.138. The summed E-state index contributed by atoms with van der Waals surface area (Å²) in [5, 5.41) is 11.7. The molecule has 2 N–H and O–H groups in total. The van der Waals surface area contributed by atoms with Gasteiger partial charge in [0.05, 0.1) is 6.54 Å². The summed E-state index contributed by atoms with van der Waals surface area (Å²) < 4.78 is 5.77. The van der Waals surface area contributed by atoms with Crippen molar-refractivity contribution in [1.29, 1.82) is 0 Å². The molecular weight excluding hydrogens is 220 g/mol. The molecule has 0 radical (unpaired) electrons. The highest BCUT2D eigenvalue weighted by atomic mass is 16.5. The average Bonchev–Trinajstić information content (AvgIpc) is 2.30. The highest BCUT2D eigenvalue weighted by Gasteiger charge is 2.24. The first-order chi connectivity index (χ1) is 8.15. The van der Waals surface area contributed by atoms with Gasteiger partial charge in [-0.25, -0.2) is 0 Å². The van der Waals surface area contributed by atoms with E-state index < -0.39 is 5.97 Å². The van der Waals surface area contributed by atoms with Gasteiger partial charge in [0.2, 0.25) is 0 Å². The molecule has 0 spiro atoms. The van der Waals surface area contributed by atoms with Crippen molar-refractivity contribution in [2.75, 3.05) is 20.6 Å². The van der Waals surface area contributed by atoms with Gasteiger partial charge in [0.1, 0.15) is 6.10 Å². The molecule has 0 aliphatic heterocycles. The van der Waals surface area contributed by atoms with E-state index in [1.807, 2.05) is 7.05 Å². The van der Waals surface area contributed by atoms with Crippen molar-refractivity contribution in [1.82, 2.24) is 5.32 Å². The van der Waals surface area contributed by atoms with Crippen molar-refractivity contribution in [2.45, 2.75) is 38.2 Å². The highest BCUT2D eigenvalue weighted by Crippen LogP contribution is 2.28. The van der Waals surface area contributed by atoms with Crippen molar-refractivity contribution >= 4 is 11.9 Å². The molecule has 5 nitrogen and oxygen atoms in total. The third-order valence-electron chi connectivity index (χ3n) is 3.14. The number of nitrogens with one attached hydrogen (secondary N) is 1. The number of carboxylic acids is 1. The SMILES string of the molecule is CN=C(CNC)OC1CCC(CC(=O)O)CC1. The number of aliphatic carboxylic acids is 1. The molecule has 5 heteroatoms. The molecule has 1 aliphatic carbocycles. The Morgan fingerprint density at radius 3 is 2.53 bits per heavy atom. The Hall–Kier alpha value is -1.10. The number of rotatable bonds is 5. The summed E-state index contributed by atoms with van der Waals surface area (Å²) >= 11 is 0. The number of carboxylic acid groups (broad SMARTS) is 1. The van der Waals surface area contributed by atoms with E-state index in [-0.39, 0.29) is 12.5 Å². The maximum absolute atomic E-state index is 10.6. The molecular formula is C12H22N2O3. The molecule has 0 aromatic carbocycles. The predicted molar refractivity (Wildman–Crippen MR) is 66.4 cm³/mol.